The number of allylic oxidation sites excluding steroid dienone is 1. The van der Waals surface area contributed by atoms with Gasteiger partial charge >= 0.3 is 5.97 Å². The molecule has 1 aromatic carbocycles. The van der Waals surface area contributed by atoms with Gasteiger partial charge in [-0.2, -0.15) is 0 Å². The number of hydrogen-bond acceptors (Lipinski definition) is 3. The zero-order valence-corrected chi connectivity index (χ0v) is 11.6. The fourth-order valence-electron chi connectivity index (χ4n) is 3.21. The molecule has 0 radical (unpaired) electrons. The van der Waals surface area contributed by atoms with Crippen molar-refractivity contribution in [2.45, 2.75) is 18.9 Å². The quantitative estimate of drug-likeness (QED) is 0.790. The average molecular weight is 270 g/mol. The summed E-state index contributed by atoms with van der Waals surface area (Å²) < 4.78 is 10.7. The number of ether oxygens (including phenoxy) is 2. The topological polar surface area (TPSA) is 35.5 Å². The molecule has 3 atom stereocenters. The van der Waals surface area contributed by atoms with E-state index >= 15 is 0 Å². The number of carbonyl (C=O) groups excluding carboxylic acids is 1. The van der Waals surface area contributed by atoms with Crippen LogP contribution in [0.1, 0.15) is 23.2 Å². The molecule has 20 heavy (non-hydrogen) atoms. The van der Waals surface area contributed by atoms with E-state index in [1.54, 1.807) is 31.4 Å². The highest BCUT2D eigenvalue weighted by Crippen LogP contribution is 2.51. The van der Waals surface area contributed by atoms with Gasteiger partial charge in [0.15, 0.2) is 0 Å². The van der Waals surface area contributed by atoms with Gasteiger partial charge in [0, 0.05) is 5.92 Å². The van der Waals surface area contributed by atoms with Crippen LogP contribution in [-0.4, -0.2) is 19.2 Å². The smallest absolute Gasteiger partial charge is 0.338 e. The summed E-state index contributed by atoms with van der Waals surface area (Å²) in [7, 11) is 1.60. The first kappa shape index (κ1) is 13.0. The minimum absolute atomic E-state index is 0.0485. The normalized spacial score (nSPS) is 27.8. The minimum Gasteiger partial charge on any atom is -0.497 e. The summed E-state index contributed by atoms with van der Waals surface area (Å²) in [4.78, 5) is 12.1. The Hall–Kier alpha value is -2.03. The Morgan fingerprint density at radius 3 is 2.40 bits per heavy atom. The second-order valence-corrected chi connectivity index (χ2v) is 5.50. The molecule has 2 bridgehead atoms. The van der Waals surface area contributed by atoms with E-state index in [9.17, 15) is 4.79 Å². The van der Waals surface area contributed by atoms with Crippen molar-refractivity contribution in [3.63, 3.8) is 0 Å². The lowest BCUT2D eigenvalue weighted by Crippen LogP contribution is -2.25. The fraction of sp³-hybridized carbons (Fsp3) is 0.353. The first-order valence-corrected chi connectivity index (χ1v) is 6.83. The third-order valence-corrected chi connectivity index (χ3v) is 4.44. The van der Waals surface area contributed by atoms with Crippen molar-refractivity contribution in [1.29, 1.82) is 0 Å². The molecule has 2 aliphatic carbocycles. The highest BCUT2D eigenvalue weighted by molar-refractivity contribution is 5.89. The first-order chi connectivity index (χ1) is 9.60. The lowest BCUT2D eigenvalue weighted by atomic mass is 9.90. The maximum atomic E-state index is 12.1. The molecule has 2 fully saturated rings. The molecule has 0 spiro atoms. The summed E-state index contributed by atoms with van der Waals surface area (Å²) in [6.45, 7) is 8.12. The number of methoxy groups -OCH3 is 1. The number of hydrogen-bond donors (Lipinski definition) is 0. The Morgan fingerprint density at radius 2 is 1.85 bits per heavy atom. The van der Waals surface area contributed by atoms with Gasteiger partial charge < -0.3 is 9.47 Å². The van der Waals surface area contributed by atoms with Crippen molar-refractivity contribution in [3.8, 4) is 5.75 Å². The molecule has 2 aliphatic rings. The molecule has 0 unspecified atom stereocenters. The SMILES string of the molecule is C=C1C(=C)[C@@H]2C[C@H]1C[C@@H]2OC(=O)c1ccc(OC)cc1. The molecule has 104 valence electrons. The second kappa shape index (κ2) is 4.82. The van der Waals surface area contributed by atoms with E-state index in [-0.39, 0.29) is 18.0 Å². The average Bonchev–Trinajstić information content (AvgIpc) is 2.99. The van der Waals surface area contributed by atoms with Gasteiger partial charge in [0.05, 0.1) is 12.7 Å². The molecule has 3 heteroatoms. The lowest BCUT2D eigenvalue weighted by molar-refractivity contribution is 0.0229. The molecular weight excluding hydrogens is 252 g/mol. The summed E-state index contributed by atoms with van der Waals surface area (Å²) in [5.41, 5.74) is 2.76. The maximum Gasteiger partial charge on any atom is 0.338 e. The van der Waals surface area contributed by atoms with Crippen LogP contribution in [0, 0.1) is 11.8 Å². The first-order valence-electron chi connectivity index (χ1n) is 6.83. The van der Waals surface area contributed by atoms with E-state index < -0.39 is 0 Å². The molecule has 0 heterocycles. The summed E-state index contributed by atoms with van der Waals surface area (Å²) in [5, 5.41) is 0. The minimum atomic E-state index is -0.274. The van der Waals surface area contributed by atoms with E-state index in [1.165, 1.54) is 0 Å². The summed E-state index contributed by atoms with van der Waals surface area (Å²) in [6.07, 6.45) is 1.86. The van der Waals surface area contributed by atoms with Crippen LogP contribution in [0.15, 0.2) is 48.6 Å². The van der Waals surface area contributed by atoms with Gasteiger partial charge in [-0.05, 0) is 54.2 Å². The number of fused-ring (bicyclic) bond motifs is 2. The molecule has 0 N–H and O–H groups in total. The Kier molecular flexibility index (Phi) is 3.13. The highest BCUT2D eigenvalue weighted by Gasteiger charge is 2.46. The Balaban J connectivity index is 1.68. The zero-order valence-electron chi connectivity index (χ0n) is 11.6. The van der Waals surface area contributed by atoms with E-state index in [4.69, 9.17) is 9.47 Å². The van der Waals surface area contributed by atoms with Gasteiger partial charge in [0.25, 0.3) is 0 Å². The van der Waals surface area contributed by atoms with Crippen LogP contribution in [-0.2, 0) is 4.74 Å². The van der Waals surface area contributed by atoms with Crippen molar-refractivity contribution >= 4 is 5.97 Å². The third kappa shape index (κ3) is 2.03. The maximum absolute atomic E-state index is 12.1. The second-order valence-electron chi connectivity index (χ2n) is 5.50. The number of rotatable bonds is 3. The lowest BCUT2D eigenvalue weighted by Gasteiger charge is -2.25. The van der Waals surface area contributed by atoms with Crippen LogP contribution in [0.2, 0.25) is 0 Å². The Bertz CT molecular complexity index is 570. The van der Waals surface area contributed by atoms with Crippen LogP contribution in [0.25, 0.3) is 0 Å². The van der Waals surface area contributed by atoms with Crippen LogP contribution < -0.4 is 4.74 Å². The Morgan fingerprint density at radius 1 is 1.15 bits per heavy atom. The highest BCUT2D eigenvalue weighted by atomic mass is 16.5. The van der Waals surface area contributed by atoms with Crippen LogP contribution in [0.3, 0.4) is 0 Å². The van der Waals surface area contributed by atoms with Gasteiger partial charge in [-0.15, -0.1) is 0 Å². The standard InChI is InChI=1S/C17H18O3/c1-10-11(2)15-8-13(10)9-16(15)20-17(18)12-4-6-14(19-3)7-5-12/h4-7,13,15-16H,1-2,8-9H2,3H3/t13-,15-,16-/m0/s1. The van der Waals surface area contributed by atoms with E-state index in [1.807, 2.05) is 0 Å². The largest absolute Gasteiger partial charge is 0.497 e. The van der Waals surface area contributed by atoms with Crippen molar-refractivity contribution in [3.05, 3.63) is 54.1 Å². The molecular formula is C17H18O3. The van der Waals surface area contributed by atoms with E-state index in [0.717, 1.165) is 29.7 Å². The van der Waals surface area contributed by atoms with Crippen LogP contribution in [0.4, 0.5) is 0 Å². The molecule has 0 aromatic heterocycles. The number of carbonyl (C=O) groups is 1. The van der Waals surface area contributed by atoms with Crippen molar-refractivity contribution in [2.75, 3.05) is 7.11 Å². The van der Waals surface area contributed by atoms with Gasteiger partial charge in [0.1, 0.15) is 11.9 Å². The molecule has 3 rings (SSSR count). The zero-order chi connectivity index (χ0) is 14.3. The van der Waals surface area contributed by atoms with Crippen molar-refractivity contribution in [1.82, 2.24) is 0 Å². The van der Waals surface area contributed by atoms with E-state index in [0.29, 0.717) is 11.5 Å². The molecule has 1 aromatic rings. The monoisotopic (exact) mass is 270 g/mol. The molecule has 2 saturated carbocycles. The van der Waals surface area contributed by atoms with Crippen LogP contribution in [0.5, 0.6) is 5.75 Å². The number of esters is 1. The van der Waals surface area contributed by atoms with Gasteiger partial charge in [-0.3, -0.25) is 0 Å². The summed E-state index contributed by atoms with van der Waals surface area (Å²) in [6, 6.07) is 6.97. The predicted molar refractivity (Wildman–Crippen MR) is 76.7 cm³/mol. The van der Waals surface area contributed by atoms with Crippen molar-refractivity contribution < 1.29 is 14.3 Å². The number of benzene rings is 1. The third-order valence-electron chi connectivity index (χ3n) is 4.44. The van der Waals surface area contributed by atoms with Gasteiger partial charge in [0.2, 0.25) is 0 Å². The Labute approximate surface area is 118 Å². The predicted octanol–water partition coefficient (Wildman–Crippen LogP) is 3.37. The fourth-order valence-corrected chi connectivity index (χ4v) is 3.21. The molecule has 3 nitrogen and oxygen atoms in total. The summed E-state index contributed by atoms with van der Waals surface area (Å²) >= 11 is 0. The van der Waals surface area contributed by atoms with Gasteiger partial charge in [-0.25, -0.2) is 4.79 Å². The van der Waals surface area contributed by atoms with Crippen LogP contribution >= 0.6 is 0 Å². The molecule has 0 saturated heterocycles. The van der Waals surface area contributed by atoms with Crippen molar-refractivity contribution in [2.24, 2.45) is 11.8 Å². The summed E-state index contributed by atoms with van der Waals surface area (Å²) in [5.74, 6) is 1.16. The van der Waals surface area contributed by atoms with Gasteiger partial charge in [-0.1, -0.05) is 13.2 Å². The van der Waals surface area contributed by atoms with E-state index in [2.05, 4.69) is 13.2 Å². The molecule has 0 amide bonds. The molecule has 0 aliphatic heterocycles.